The van der Waals surface area contributed by atoms with Crippen LogP contribution in [0.25, 0.3) is 27.2 Å². The second-order valence-corrected chi connectivity index (χ2v) is 9.58. The van der Waals surface area contributed by atoms with Crippen LogP contribution in [0.4, 0.5) is 10.1 Å². The molecule has 0 aliphatic rings. The lowest BCUT2D eigenvalue weighted by Gasteiger charge is -2.21. The normalized spacial score (nSPS) is 11.9. The predicted octanol–water partition coefficient (Wildman–Crippen LogP) is 6.52. The van der Waals surface area contributed by atoms with Gasteiger partial charge in [-0.3, -0.25) is 9.36 Å². The highest BCUT2D eigenvalue weighted by Crippen LogP contribution is 2.32. The van der Waals surface area contributed by atoms with E-state index in [0.717, 1.165) is 16.5 Å². The Morgan fingerprint density at radius 2 is 1.84 bits per heavy atom. The minimum atomic E-state index is -0.436. The van der Waals surface area contributed by atoms with Crippen molar-refractivity contribution < 1.29 is 13.9 Å². The van der Waals surface area contributed by atoms with Crippen molar-refractivity contribution in [1.29, 1.82) is 0 Å². The largest absolute Gasteiger partial charge is 0.465 e. The Morgan fingerprint density at radius 3 is 2.54 bits per heavy atom. The number of halogens is 1. The molecule has 0 saturated carbocycles. The standard InChI is InChI=1S/C29H24FN3O3S/c1-17-14-22(18(2)32-25-7-5-4-6-21(25)28(35)36-3)23-16-26(19-8-10-20(30)11-9-19)33(27(34)24(23)15-17)29-31-12-13-37-29/h4-16,18,32H,1-3H3. The molecule has 37 heavy (non-hydrogen) atoms. The van der Waals surface area contributed by atoms with Gasteiger partial charge in [-0.05, 0) is 84.5 Å². The van der Waals surface area contributed by atoms with Crippen LogP contribution in [-0.2, 0) is 4.74 Å². The highest BCUT2D eigenvalue weighted by molar-refractivity contribution is 7.12. The summed E-state index contributed by atoms with van der Waals surface area (Å²) in [5.74, 6) is -0.791. The number of aryl methyl sites for hydroxylation is 1. The molecule has 0 saturated heterocycles. The van der Waals surface area contributed by atoms with E-state index in [4.69, 9.17) is 4.74 Å². The quantitative estimate of drug-likeness (QED) is 0.262. The number of nitrogens with zero attached hydrogens (tertiary/aromatic N) is 2. The first kappa shape index (κ1) is 24.4. The molecule has 0 fully saturated rings. The zero-order valence-corrected chi connectivity index (χ0v) is 21.3. The van der Waals surface area contributed by atoms with Crippen LogP contribution in [0.3, 0.4) is 0 Å². The third-order valence-corrected chi connectivity index (χ3v) is 6.99. The average molecular weight is 514 g/mol. The Morgan fingerprint density at radius 1 is 1.08 bits per heavy atom. The molecule has 1 unspecified atom stereocenters. The van der Waals surface area contributed by atoms with Gasteiger partial charge in [0.15, 0.2) is 5.13 Å². The number of methoxy groups -OCH3 is 1. The average Bonchev–Trinajstić information content (AvgIpc) is 3.43. The number of thiazole rings is 1. The van der Waals surface area contributed by atoms with Crippen molar-refractivity contribution in [3.8, 4) is 16.4 Å². The number of anilines is 1. The first-order valence-corrected chi connectivity index (χ1v) is 12.6. The number of rotatable bonds is 6. The molecule has 5 rings (SSSR count). The molecular formula is C29H24FN3O3S. The second kappa shape index (κ2) is 9.99. The first-order valence-electron chi connectivity index (χ1n) is 11.7. The third-order valence-electron chi connectivity index (χ3n) is 6.23. The van der Waals surface area contributed by atoms with Gasteiger partial charge in [0.05, 0.1) is 18.4 Å². The Balaban J connectivity index is 1.72. The number of hydrogen-bond acceptors (Lipinski definition) is 6. The number of esters is 1. The summed E-state index contributed by atoms with van der Waals surface area (Å²) in [5, 5.41) is 7.08. The molecule has 8 heteroatoms. The summed E-state index contributed by atoms with van der Waals surface area (Å²) in [7, 11) is 1.35. The van der Waals surface area contributed by atoms with Crippen molar-refractivity contribution in [2.45, 2.75) is 19.9 Å². The summed E-state index contributed by atoms with van der Waals surface area (Å²) < 4.78 is 20.2. The molecular weight excluding hydrogens is 489 g/mol. The van der Waals surface area contributed by atoms with Gasteiger partial charge in [-0.2, -0.15) is 0 Å². The molecule has 1 N–H and O–H groups in total. The number of carbonyl (C=O) groups is 1. The van der Waals surface area contributed by atoms with E-state index in [-0.39, 0.29) is 17.4 Å². The van der Waals surface area contributed by atoms with Gasteiger partial charge in [0, 0.05) is 28.7 Å². The van der Waals surface area contributed by atoms with Gasteiger partial charge in [-0.25, -0.2) is 14.2 Å². The number of pyridine rings is 1. The molecule has 1 atom stereocenters. The molecule has 186 valence electrons. The minimum absolute atomic E-state index is 0.209. The molecule has 0 aliphatic heterocycles. The number of nitrogens with one attached hydrogen (secondary N) is 1. The zero-order chi connectivity index (χ0) is 26.1. The van der Waals surface area contributed by atoms with Crippen LogP contribution in [0.1, 0.15) is 34.5 Å². The Bertz CT molecular complexity index is 1660. The van der Waals surface area contributed by atoms with E-state index < -0.39 is 5.97 Å². The zero-order valence-electron chi connectivity index (χ0n) is 20.5. The molecule has 0 bridgehead atoms. The van der Waals surface area contributed by atoms with Crippen LogP contribution >= 0.6 is 11.3 Å². The minimum Gasteiger partial charge on any atom is -0.465 e. The molecule has 2 heterocycles. The van der Waals surface area contributed by atoms with Crippen molar-refractivity contribution in [2.24, 2.45) is 0 Å². The van der Waals surface area contributed by atoms with Gasteiger partial charge in [0.2, 0.25) is 0 Å². The number of benzene rings is 3. The number of fused-ring (bicyclic) bond motifs is 1. The SMILES string of the molecule is COC(=O)c1ccccc1NC(C)c1cc(C)cc2c(=O)n(-c3nccs3)c(-c3ccc(F)cc3)cc12. The number of carbonyl (C=O) groups excluding carboxylic acids is 1. The monoisotopic (exact) mass is 513 g/mol. The molecule has 3 aromatic carbocycles. The van der Waals surface area contributed by atoms with Crippen LogP contribution in [0.15, 0.2) is 83.1 Å². The van der Waals surface area contributed by atoms with E-state index in [2.05, 4.69) is 10.3 Å². The highest BCUT2D eigenvalue weighted by atomic mass is 32.1. The first-order chi connectivity index (χ1) is 17.9. The van der Waals surface area contributed by atoms with Gasteiger partial charge < -0.3 is 10.1 Å². The summed E-state index contributed by atoms with van der Waals surface area (Å²) >= 11 is 1.36. The van der Waals surface area contributed by atoms with Gasteiger partial charge >= 0.3 is 5.97 Å². The summed E-state index contributed by atoms with van der Waals surface area (Å²) in [6, 6.07) is 18.8. The van der Waals surface area contributed by atoms with Crippen LogP contribution in [0.5, 0.6) is 0 Å². The molecule has 0 aliphatic carbocycles. The van der Waals surface area contributed by atoms with E-state index >= 15 is 0 Å². The molecule has 0 amide bonds. The Kier molecular flexibility index (Phi) is 6.58. The number of para-hydroxylation sites is 1. The van der Waals surface area contributed by atoms with Crippen LogP contribution in [0, 0.1) is 12.7 Å². The smallest absolute Gasteiger partial charge is 0.339 e. The van der Waals surface area contributed by atoms with E-state index in [9.17, 15) is 14.0 Å². The lowest BCUT2D eigenvalue weighted by molar-refractivity contribution is 0.0602. The van der Waals surface area contributed by atoms with Crippen molar-refractivity contribution in [2.75, 3.05) is 12.4 Å². The summed E-state index contributed by atoms with van der Waals surface area (Å²) in [6.07, 6.45) is 1.65. The van der Waals surface area contributed by atoms with E-state index in [1.165, 1.54) is 30.6 Å². The number of ether oxygens (including phenoxy) is 1. The van der Waals surface area contributed by atoms with Crippen molar-refractivity contribution >= 4 is 33.8 Å². The Hall–Kier alpha value is -4.30. The van der Waals surface area contributed by atoms with E-state index in [1.54, 1.807) is 35.0 Å². The Labute approximate surface area is 217 Å². The summed E-state index contributed by atoms with van der Waals surface area (Å²) in [5.41, 5.74) is 3.96. The fourth-order valence-electron chi connectivity index (χ4n) is 4.51. The van der Waals surface area contributed by atoms with E-state index in [1.807, 2.05) is 49.6 Å². The van der Waals surface area contributed by atoms with Crippen molar-refractivity contribution in [1.82, 2.24) is 9.55 Å². The van der Waals surface area contributed by atoms with Crippen molar-refractivity contribution in [3.63, 3.8) is 0 Å². The maximum atomic E-state index is 13.9. The van der Waals surface area contributed by atoms with Crippen LogP contribution in [0.2, 0.25) is 0 Å². The van der Waals surface area contributed by atoms with Gasteiger partial charge in [-0.15, -0.1) is 11.3 Å². The second-order valence-electron chi connectivity index (χ2n) is 8.71. The topological polar surface area (TPSA) is 73.2 Å². The van der Waals surface area contributed by atoms with Crippen molar-refractivity contribution in [3.05, 3.63) is 111 Å². The van der Waals surface area contributed by atoms with Crippen LogP contribution < -0.4 is 10.9 Å². The maximum Gasteiger partial charge on any atom is 0.339 e. The molecule has 2 aromatic heterocycles. The fraction of sp³-hybridized carbons (Fsp3) is 0.138. The van der Waals surface area contributed by atoms with Gasteiger partial charge in [0.25, 0.3) is 5.56 Å². The predicted molar refractivity (Wildman–Crippen MR) is 145 cm³/mol. The summed E-state index contributed by atoms with van der Waals surface area (Å²) in [4.78, 5) is 30.6. The maximum absolute atomic E-state index is 13.9. The van der Waals surface area contributed by atoms with Crippen LogP contribution in [-0.4, -0.2) is 22.6 Å². The molecule has 5 aromatic rings. The number of hydrogen-bond donors (Lipinski definition) is 1. The third kappa shape index (κ3) is 4.63. The van der Waals surface area contributed by atoms with Gasteiger partial charge in [-0.1, -0.05) is 18.2 Å². The lowest BCUT2D eigenvalue weighted by atomic mass is 9.95. The fourth-order valence-corrected chi connectivity index (χ4v) is 5.16. The molecule has 6 nitrogen and oxygen atoms in total. The molecule has 0 spiro atoms. The highest BCUT2D eigenvalue weighted by Gasteiger charge is 2.20. The van der Waals surface area contributed by atoms with E-state index in [0.29, 0.717) is 33.0 Å². The van der Waals surface area contributed by atoms with Gasteiger partial charge in [0.1, 0.15) is 5.82 Å². The lowest BCUT2D eigenvalue weighted by Crippen LogP contribution is -2.21. The number of aromatic nitrogens is 2. The molecule has 0 radical (unpaired) electrons. The summed E-state index contributed by atoms with van der Waals surface area (Å²) in [6.45, 7) is 3.92.